The first-order valence-electron chi connectivity index (χ1n) is 24.9. The standard InChI is InChI=1S/C54H75BN4O14/c1-31(2)24-42-52(67)70-35(8)47(62)56(10)41(23-14-34(7)55)51(66)72-45(27-37-15-19-39(29-60)20-16-37)49(64)58(12)43(25-32(3)4)53(68)71-36(9)48(63)57(11)44(26-33(5)6)54(69)73-46(50(65)59(42)13)28-38-17-21-40(30-61)22-18-38/h15-22,29-36,41-46H,14,23-28H2,1-13H3/t34?,35-,36-,41+,42+,43+,44+,45-,46-/m1/s1. The van der Waals surface area contributed by atoms with E-state index in [2.05, 4.69) is 0 Å². The summed E-state index contributed by atoms with van der Waals surface area (Å²) >= 11 is 0. The Morgan fingerprint density at radius 2 is 0.753 bits per heavy atom. The highest BCUT2D eigenvalue weighted by molar-refractivity contribution is 6.11. The molecule has 0 N–H and O–H groups in total. The lowest BCUT2D eigenvalue weighted by Crippen LogP contribution is -2.54. The topological polar surface area (TPSA) is 221 Å². The van der Waals surface area contributed by atoms with Gasteiger partial charge in [-0.25, -0.2) is 19.2 Å². The van der Waals surface area contributed by atoms with Crippen LogP contribution in [0.2, 0.25) is 5.82 Å². The molecule has 0 aliphatic carbocycles. The van der Waals surface area contributed by atoms with Gasteiger partial charge in [-0.1, -0.05) is 109 Å². The maximum Gasteiger partial charge on any atom is 0.329 e. The number of amides is 4. The summed E-state index contributed by atoms with van der Waals surface area (Å²) in [5, 5.41) is 0. The summed E-state index contributed by atoms with van der Waals surface area (Å²) in [6, 6.07) is 7.07. The Balaban J connectivity index is 2.28. The van der Waals surface area contributed by atoms with Gasteiger partial charge in [-0.05, 0) is 68.4 Å². The molecule has 3 rings (SSSR count). The molecule has 1 aliphatic heterocycles. The second kappa shape index (κ2) is 28.2. The summed E-state index contributed by atoms with van der Waals surface area (Å²) in [6.07, 6.45) is -5.12. The van der Waals surface area contributed by atoms with Crippen molar-refractivity contribution in [2.75, 3.05) is 28.2 Å². The van der Waals surface area contributed by atoms with Crippen LogP contribution >= 0.6 is 0 Å². The van der Waals surface area contributed by atoms with Crippen molar-refractivity contribution >= 4 is 67.9 Å². The van der Waals surface area contributed by atoms with Gasteiger partial charge < -0.3 is 38.5 Å². The van der Waals surface area contributed by atoms with E-state index < -0.39 is 102 Å². The zero-order chi connectivity index (χ0) is 55.0. The normalized spacial score (nSPS) is 24.5. The fourth-order valence-corrected chi connectivity index (χ4v) is 8.40. The second-order valence-corrected chi connectivity index (χ2v) is 20.4. The molecule has 0 spiro atoms. The first kappa shape index (κ1) is 60.9. The van der Waals surface area contributed by atoms with Gasteiger partial charge in [0.25, 0.3) is 23.6 Å². The van der Waals surface area contributed by atoms with Crippen molar-refractivity contribution < 1.29 is 66.9 Å². The highest BCUT2D eigenvalue weighted by atomic mass is 16.6. The van der Waals surface area contributed by atoms with E-state index in [0.717, 1.165) is 19.6 Å². The van der Waals surface area contributed by atoms with Gasteiger partial charge in [-0.2, -0.15) is 0 Å². The third kappa shape index (κ3) is 17.7. The van der Waals surface area contributed by atoms with E-state index in [9.17, 15) is 47.9 Å². The maximum atomic E-state index is 14.7. The Hall–Kier alpha value is -6.40. The van der Waals surface area contributed by atoms with E-state index in [1.165, 1.54) is 66.3 Å². The molecule has 4 amide bonds. The summed E-state index contributed by atoms with van der Waals surface area (Å²) in [4.78, 5) is 143. The average molecular weight is 1020 g/mol. The van der Waals surface area contributed by atoms with E-state index >= 15 is 0 Å². The maximum absolute atomic E-state index is 14.7. The molecule has 18 nitrogen and oxygen atoms in total. The Labute approximate surface area is 431 Å². The van der Waals surface area contributed by atoms with Crippen molar-refractivity contribution in [1.82, 2.24) is 19.6 Å². The minimum atomic E-state index is -1.61. The van der Waals surface area contributed by atoms with E-state index in [0.29, 0.717) is 34.8 Å². The minimum absolute atomic E-state index is 0.0411. The summed E-state index contributed by atoms with van der Waals surface area (Å²) in [5.41, 5.74) is 1.68. The van der Waals surface area contributed by atoms with E-state index in [1.807, 2.05) is 41.5 Å². The molecule has 2 aromatic carbocycles. The molecule has 9 atom stereocenters. The Morgan fingerprint density at radius 3 is 1.05 bits per heavy atom. The van der Waals surface area contributed by atoms with Crippen LogP contribution in [0.5, 0.6) is 0 Å². The lowest BCUT2D eigenvalue weighted by Gasteiger charge is -2.35. The number of carbonyl (C=O) groups excluding carboxylic acids is 10. The minimum Gasteiger partial charge on any atom is -0.451 e. The lowest BCUT2D eigenvalue weighted by molar-refractivity contribution is -0.176. The predicted molar refractivity (Wildman–Crippen MR) is 271 cm³/mol. The molecule has 1 aliphatic rings. The van der Waals surface area contributed by atoms with E-state index in [1.54, 1.807) is 31.2 Å². The fourth-order valence-electron chi connectivity index (χ4n) is 8.40. The largest absolute Gasteiger partial charge is 0.451 e. The Bertz CT molecular complexity index is 2240. The number of carbonyl (C=O) groups is 10. The number of cyclic esters (lactones) is 4. The van der Waals surface area contributed by atoms with Crippen LogP contribution in [0.4, 0.5) is 0 Å². The number of hydrogen-bond donors (Lipinski definition) is 0. The molecule has 2 radical (unpaired) electrons. The van der Waals surface area contributed by atoms with Gasteiger partial charge >= 0.3 is 23.9 Å². The van der Waals surface area contributed by atoms with Crippen LogP contribution in [0.1, 0.15) is 126 Å². The quantitative estimate of drug-likeness (QED) is 0.0993. The molecule has 1 unspecified atom stereocenters. The molecule has 1 heterocycles. The van der Waals surface area contributed by atoms with Crippen molar-refractivity contribution in [3.05, 3.63) is 70.8 Å². The van der Waals surface area contributed by atoms with Crippen molar-refractivity contribution in [2.45, 2.75) is 162 Å². The van der Waals surface area contributed by atoms with Crippen LogP contribution in [-0.2, 0) is 70.1 Å². The van der Waals surface area contributed by atoms with Crippen molar-refractivity contribution in [3.63, 3.8) is 0 Å². The van der Waals surface area contributed by atoms with Gasteiger partial charge in [0.2, 0.25) is 0 Å². The van der Waals surface area contributed by atoms with Crippen molar-refractivity contribution in [3.8, 4) is 0 Å². The molecular formula is C54H75BN4O14. The SMILES string of the molecule is [B]C(C)CC[C@H]1C(=O)O[C@H](Cc2ccc(C=O)cc2)C(=O)N(C)[C@@H](CC(C)C)C(=O)O[C@H](C)C(=O)N(C)[C@@H](CC(C)C)C(=O)O[C@H](Cc2ccc(C=O)cc2)C(=O)N(C)[C@@H](CC(C)C)C(=O)O[C@H](C)C(=O)N1C. The molecule has 73 heavy (non-hydrogen) atoms. The molecular weight excluding hydrogens is 939 g/mol. The van der Waals surface area contributed by atoms with Gasteiger partial charge in [-0.15, -0.1) is 0 Å². The molecule has 0 bridgehead atoms. The third-order valence-electron chi connectivity index (χ3n) is 12.8. The smallest absolute Gasteiger partial charge is 0.329 e. The van der Waals surface area contributed by atoms with Gasteiger partial charge in [0.1, 0.15) is 36.7 Å². The zero-order valence-electron chi connectivity index (χ0n) is 44.7. The van der Waals surface area contributed by atoms with Gasteiger partial charge in [0.05, 0.1) is 7.85 Å². The summed E-state index contributed by atoms with van der Waals surface area (Å²) in [7, 11) is 11.5. The number of nitrogens with zero attached hydrogens (tertiary/aromatic N) is 4. The predicted octanol–water partition coefficient (Wildman–Crippen LogP) is 5.00. The van der Waals surface area contributed by atoms with Crippen LogP contribution in [0.25, 0.3) is 0 Å². The average Bonchev–Trinajstić information content (AvgIpc) is 3.34. The first-order valence-corrected chi connectivity index (χ1v) is 24.9. The number of ether oxygens (including phenoxy) is 4. The van der Waals surface area contributed by atoms with Gasteiger partial charge in [0, 0.05) is 52.2 Å². The number of esters is 4. The van der Waals surface area contributed by atoms with E-state index in [4.69, 9.17) is 26.8 Å². The monoisotopic (exact) mass is 1010 g/mol. The highest BCUT2D eigenvalue weighted by Gasteiger charge is 2.43. The Kier molecular flexibility index (Phi) is 23.5. The second-order valence-electron chi connectivity index (χ2n) is 20.4. The molecule has 1 fully saturated rings. The molecule has 2 aromatic rings. The zero-order valence-corrected chi connectivity index (χ0v) is 44.7. The molecule has 398 valence electrons. The molecule has 0 saturated carbocycles. The van der Waals surface area contributed by atoms with Crippen LogP contribution in [0.15, 0.2) is 48.5 Å². The van der Waals surface area contributed by atoms with Crippen molar-refractivity contribution in [2.24, 2.45) is 17.8 Å². The van der Waals surface area contributed by atoms with E-state index in [-0.39, 0.29) is 62.7 Å². The highest BCUT2D eigenvalue weighted by Crippen LogP contribution is 2.24. The first-order chi connectivity index (χ1) is 34.2. The molecule has 1 saturated heterocycles. The van der Waals surface area contributed by atoms with Crippen LogP contribution < -0.4 is 0 Å². The number of benzene rings is 2. The van der Waals surface area contributed by atoms with Crippen molar-refractivity contribution in [1.29, 1.82) is 0 Å². The van der Waals surface area contributed by atoms with Crippen LogP contribution in [0, 0.1) is 17.8 Å². The lowest BCUT2D eigenvalue weighted by atomic mass is 9.84. The summed E-state index contributed by atoms with van der Waals surface area (Å²) < 4.78 is 23.7. The summed E-state index contributed by atoms with van der Waals surface area (Å²) in [5.74, 6) is -8.28. The number of rotatable bonds is 15. The number of hydrogen-bond acceptors (Lipinski definition) is 14. The van der Waals surface area contributed by atoms with Gasteiger partial charge in [0.15, 0.2) is 24.4 Å². The summed E-state index contributed by atoms with van der Waals surface area (Å²) in [6.45, 7) is 15.2. The van der Waals surface area contributed by atoms with Crippen LogP contribution in [0.3, 0.4) is 0 Å². The third-order valence-corrected chi connectivity index (χ3v) is 12.8. The fraction of sp³-hybridized carbons (Fsp3) is 0.593. The van der Waals surface area contributed by atoms with Crippen LogP contribution in [-0.4, -0.2) is 164 Å². The Morgan fingerprint density at radius 1 is 0.466 bits per heavy atom. The number of aldehydes is 2. The number of likely N-dealkylation sites (N-methyl/N-ethyl adjacent to an activating group) is 4. The molecule has 19 heteroatoms. The van der Waals surface area contributed by atoms with Gasteiger partial charge in [-0.3, -0.25) is 28.8 Å². The molecule has 0 aromatic heterocycles.